The van der Waals surface area contributed by atoms with Gasteiger partial charge in [0.15, 0.2) is 0 Å². The minimum absolute atomic E-state index is 0.0160. The molecule has 0 radical (unpaired) electrons. The maximum atomic E-state index is 13.2. The zero-order valence-electron chi connectivity index (χ0n) is 21.5. The molecule has 0 saturated carbocycles. The SMILES string of the molecule is C[C@H](CCCC(C)(C)O)NC1CCN(c2ccc(CC(=O)NCCc3cccc(F)c3)cc2)CC1. The third-order valence-electron chi connectivity index (χ3n) is 6.73. The molecular weight excluding hydrogens is 441 g/mol. The summed E-state index contributed by atoms with van der Waals surface area (Å²) in [4.78, 5) is 14.7. The summed E-state index contributed by atoms with van der Waals surface area (Å²) >= 11 is 0. The average molecular weight is 484 g/mol. The van der Waals surface area contributed by atoms with E-state index in [4.69, 9.17) is 0 Å². The number of benzene rings is 2. The number of hydrogen-bond acceptors (Lipinski definition) is 4. The lowest BCUT2D eigenvalue weighted by molar-refractivity contribution is -0.120. The van der Waals surface area contributed by atoms with Crippen LogP contribution in [0.15, 0.2) is 48.5 Å². The van der Waals surface area contributed by atoms with E-state index in [2.05, 4.69) is 34.6 Å². The first-order valence-electron chi connectivity index (χ1n) is 13.0. The molecule has 0 aliphatic carbocycles. The number of rotatable bonds is 12. The van der Waals surface area contributed by atoms with Crippen molar-refractivity contribution in [3.8, 4) is 0 Å². The van der Waals surface area contributed by atoms with Crippen LogP contribution >= 0.6 is 0 Å². The van der Waals surface area contributed by atoms with E-state index in [1.165, 1.54) is 17.8 Å². The molecule has 2 aromatic rings. The van der Waals surface area contributed by atoms with Crippen molar-refractivity contribution in [1.29, 1.82) is 0 Å². The summed E-state index contributed by atoms with van der Waals surface area (Å²) in [6.07, 6.45) is 6.16. The Bertz CT molecular complexity index is 918. The van der Waals surface area contributed by atoms with Crippen LogP contribution in [0.1, 0.15) is 64.0 Å². The van der Waals surface area contributed by atoms with E-state index in [0.717, 1.165) is 56.3 Å². The molecule has 0 aromatic heterocycles. The number of amides is 1. The minimum Gasteiger partial charge on any atom is -0.390 e. The molecular formula is C29H42FN3O2. The predicted molar refractivity (Wildman–Crippen MR) is 141 cm³/mol. The molecule has 0 unspecified atom stereocenters. The first-order valence-corrected chi connectivity index (χ1v) is 13.0. The van der Waals surface area contributed by atoms with Crippen molar-refractivity contribution < 1.29 is 14.3 Å². The predicted octanol–water partition coefficient (Wildman–Crippen LogP) is 4.62. The molecule has 3 rings (SSSR count). The van der Waals surface area contributed by atoms with Gasteiger partial charge in [-0.2, -0.15) is 0 Å². The van der Waals surface area contributed by atoms with E-state index in [9.17, 15) is 14.3 Å². The zero-order valence-corrected chi connectivity index (χ0v) is 21.5. The summed E-state index contributed by atoms with van der Waals surface area (Å²) in [5.74, 6) is -0.264. The summed E-state index contributed by atoms with van der Waals surface area (Å²) in [5.41, 5.74) is 2.51. The molecule has 1 amide bonds. The van der Waals surface area contributed by atoms with Crippen molar-refractivity contribution in [3.05, 3.63) is 65.5 Å². The van der Waals surface area contributed by atoms with Crippen molar-refractivity contribution >= 4 is 11.6 Å². The summed E-state index contributed by atoms with van der Waals surface area (Å²) in [5, 5.41) is 16.6. The van der Waals surface area contributed by atoms with Crippen molar-refractivity contribution in [2.24, 2.45) is 0 Å². The summed E-state index contributed by atoms with van der Waals surface area (Å²) in [6.45, 7) is 8.54. The standard InChI is InChI=1S/C29H42FN3O2/c1-22(6-5-16-29(2,3)35)32-26-14-18-33(19-15-26)27-11-9-24(10-12-27)21-28(34)31-17-13-23-7-4-8-25(30)20-23/h4,7-12,20,22,26,32,35H,5-6,13-19,21H2,1-3H3,(H,31,34)/t22-/m1/s1. The Morgan fingerprint density at radius 1 is 1.14 bits per heavy atom. The van der Waals surface area contributed by atoms with Crippen LogP contribution < -0.4 is 15.5 Å². The number of aliphatic hydroxyl groups is 1. The Morgan fingerprint density at radius 3 is 2.51 bits per heavy atom. The lowest BCUT2D eigenvalue weighted by Crippen LogP contribution is -2.45. The highest BCUT2D eigenvalue weighted by molar-refractivity contribution is 5.78. The van der Waals surface area contributed by atoms with E-state index in [1.54, 1.807) is 6.07 Å². The van der Waals surface area contributed by atoms with Crippen LogP contribution in [0.25, 0.3) is 0 Å². The van der Waals surface area contributed by atoms with Crippen molar-refractivity contribution in [1.82, 2.24) is 10.6 Å². The molecule has 3 N–H and O–H groups in total. The highest BCUT2D eigenvalue weighted by atomic mass is 19.1. The van der Waals surface area contributed by atoms with Crippen LogP contribution in [0.2, 0.25) is 0 Å². The zero-order chi connectivity index (χ0) is 25.3. The molecule has 192 valence electrons. The molecule has 1 fully saturated rings. The number of carbonyl (C=O) groups excluding carboxylic acids is 1. The lowest BCUT2D eigenvalue weighted by atomic mass is 9.98. The fraction of sp³-hybridized carbons (Fsp3) is 0.552. The number of hydrogen-bond donors (Lipinski definition) is 3. The van der Waals surface area contributed by atoms with E-state index in [-0.39, 0.29) is 11.7 Å². The van der Waals surface area contributed by atoms with Gasteiger partial charge in [-0.1, -0.05) is 24.3 Å². The second kappa shape index (κ2) is 13.0. The summed E-state index contributed by atoms with van der Waals surface area (Å²) < 4.78 is 13.2. The minimum atomic E-state index is -0.575. The van der Waals surface area contributed by atoms with Gasteiger partial charge in [0.25, 0.3) is 0 Å². The van der Waals surface area contributed by atoms with Crippen LogP contribution in [-0.2, 0) is 17.6 Å². The molecule has 2 aromatic carbocycles. The van der Waals surface area contributed by atoms with E-state index in [1.807, 2.05) is 32.0 Å². The maximum absolute atomic E-state index is 13.2. The highest BCUT2D eigenvalue weighted by Crippen LogP contribution is 2.22. The van der Waals surface area contributed by atoms with Gasteiger partial charge < -0.3 is 20.6 Å². The number of anilines is 1. The van der Waals surface area contributed by atoms with Crippen LogP contribution in [-0.4, -0.2) is 48.3 Å². The number of piperidine rings is 1. The van der Waals surface area contributed by atoms with E-state index < -0.39 is 5.60 Å². The van der Waals surface area contributed by atoms with Gasteiger partial charge in [-0.3, -0.25) is 4.79 Å². The summed E-state index contributed by atoms with van der Waals surface area (Å²) in [7, 11) is 0. The number of nitrogens with zero attached hydrogens (tertiary/aromatic N) is 1. The fourth-order valence-electron chi connectivity index (χ4n) is 4.74. The van der Waals surface area contributed by atoms with Gasteiger partial charge in [-0.25, -0.2) is 4.39 Å². The third kappa shape index (κ3) is 9.98. The highest BCUT2D eigenvalue weighted by Gasteiger charge is 2.21. The number of carbonyl (C=O) groups is 1. The van der Waals surface area contributed by atoms with Gasteiger partial charge >= 0.3 is 0 Å². The largest absolute Gasteiger partial charge is 0.390 e. The molecule has 1 aliphatic heterocycles. The Hall–Kier alpha value is -2.44. The molecule has 0 spiro atoms. The smallest absolute Gasteiger partial charge is 0.224 e. The quantitative estimate of drug-likeness (QED) is 0.412. The Balaban J connectivity index is 1.35. The van der Waals surface area contributed by atoms with Crippen LogP contribution in [0.3, 0.4) is 0 Å². The summed E-state index contributed by atoms with van der Waals surface area (Å²) in [6, 6.07) is 15.8. The van der Waals surface area contributed by atoms with E-state index in [0.29, 0.717) is 31.5 Å². The first kappa shape index (κ1) is 27.2. The molecule has 6 heteroatoms. The molecule has 1 saturated heterocycles. The first-order chi connectivity index (χ1) is 16.7. The number of nitrogens with one attached hydrogen (secondary N) is 2. The molecule has 0 bridgehead atoms. The van der Waals surface area contributed by atoms with Gasteiger partial charge in [-0.05, 0) is 94.7 Å². The van der Waals surface area contributed by atoms with Gasteiger partial charge in [0.2, 0.25) is 5.91 Å². The maximum Gasteiger partial charge on any atom is 0.224 e. The molecule has 1 atom stereocenters. The molecule has 1 heterocycles. The topological polar surface area (TPSA) is 64.6 Å². The van der Waals surface area contributed by atoms with Gasteiger partial charge in [0.1, 0.15) is 5.82 Å². The fourth-order valence-corrected chi connectivity index (χ4v) is 4.74. The Labute approximate surface area is 210 Å². The molecule has 35 heavy (non-hydrogen) atoms. The van der Waals surface area contributed by atoms with Crippen molar-refractivity contribution in [3.63, 3.8) is 0 Å². The Morgan fingerprint density at radius 2 is 1.86 bits per heavy atom. The van der Waals surface area contributed by atoms with Crippen LogP contribution in [0.5, 0.6) is 0 Å². The van der Waals surface area contributed by atoms with Crippen molar-refractivity contribution in [2.75, 3.05) is 24.5 Å². The van der Waals surface area contributed by atoms with Crippen LogP contribution in [0.4, 0.5) is 10.1 Å². The second-order valence-corrected chi connectivity index (χ2v) is 10.6. The molecule has 5 nitrogen and oxygen atoms in total. The van der Waals surface area contributed by atoms with Gasteiger partial charge in [-0.15, -0.1) is 0 Å². The van der Waals surface area contributed by atoms with Crippen molar-refractivity contribution in [2.45, 2.75) is 83.4 Å². The van der Waals surface area contributed by atoms with Gasteiger partial charge in [0.05, 0.1) is 12.0 Å². The van der Waals surface area contributed by atoms with Crippen LogP contribution in [0, 0.1) is 5.82 Å². The monoisotopic (exact) mass is 483 g/mol. The normalized spacial score (nSPS) is 15.7. The van der Waals surface area contributed by atoms with Gasteiger partial charge in [0, 0.05) is 37.4 Å². The lowest BCUT2D eigenvalue weighted by Gasteiger charge is -2.35. The Kier molecular flexibility index (Phi) is 10.1. The number of halogens is 1. The van der Waals surface area contributed by atoms with E-state index >= 15 is 0 Å². The average Bonchev–Trinajstić information content (AvgIpc) is 2.79. The molecule has 1 aliphatic rings. The second-order valence-electron chi connectivity index (χ2n) is 10.6. The third-order valence-corrected chi connectivity index (χ3v) is 6.73.